The summed E-state index contributed by atoms with van der Waals surface area (Å²) in [4.78, 5) is 0. The standard InChI is InChI=1S/C15H25NO/c1-10-7-11(2)14(12(3)8-10)9-16-15(5,6)13(4)17/h7-8,13,16-17H,9H2,1-6H3. The molecular weight excluding hydrogens is 210 g/mol. The van der Waals surface area contributed by atoms with Crippen molar-refractivity contribution in [1.82, 2.24) is 5.32 Å². The Morgan fingerprint density at radius 3 is 2.06 bits per heavy atom. The summed E-state index contributed by atoms with van der Waals surface area (Å²) < 4.78 is 0. The van der Waals surface area contributed by atoms with Crippen LogP contribution in [-0.4, -0.2) is 16.7 Å². The lowest BCUT2D eigenvalue weighted by atomic mass is 9.95. The number of aryl methyl sites for hydroxylation is 3. The molecule has 0 spiro atoms. The topological polar surface area (TPSA) is 32.3 Å². The van der Waals surface area contributed by atoms with Crippen molar-refractivity contribution in [2.45, 2.75) is 59.7 Å². The Kier molecular flexibility index (Phi) is 4.34. The van der Waals surface area contributed by atoms with E-state index in [0.29, 0.717) is 0 Å². The minimum absolute atomic E-state index is 0.260. The van der Waals surface area contributed by atoms with Gasteiger partial charge in [-0.3, -0.25) is 0 Å². The van der Waals surface area contributed by atoms with Gasteiger partial charge in [0.2, 0.25) is 0 Å². The molecule has 0 aromatic heterocycles. The van der Waals surface area contributed by atoms with Gasteiger partial charge in [-0.15, -0.1) is 0 Å². The maximum atomic E-state index is 9.68. The molecule has 17 heavy (non-hydrogen) atoms. The molecule has 2 nitrogen and oxygen atoms in total. The predicted octanol–water partition coefficient (Wildman–Crippen LogP) is 2.86. The summed E-state index contributed by atoms with van der Waals surface area (Å²) in [6, 6.07) is 4.42. The number of rotatable bonds is 4. The monoisotopic (exact) mass is 235 g/mol. The lowest BCUT2D eigenvalue weighted by Crippen LogP contribution is -2.47. The van der Waals surface area contributed by atoms with Crippen LogP contribution in [0.2, 0.25) is 0 Å². The fourth-order valence-electron chi connectivity index (χ4n) is 1.95. The molecule has 0 aliphatic heterocycles. The average molecular weight is 235 g/mol. The van der Waals surface area contributed by atoms with Gasteiger partial charge in [-0.25, -0.2) is 0 Å². The molecule has 2 N–H and O–H groups in total. The van der Waals surface area contributed by atoms with E-state index in [1.807, 2.05) is 20.8 Å². The highest BCUT2D eigenvalue weighted by atomic mass is 16.3. The molecule has 1 unspecified atom stereocenters. The lowest BCUT2D eigenvalue weighted by Gasteiger charge is -2.30. The van der Waals surface area contributed by atoms with Crippen LogP contribution in [0.1, 0.15) is 43.0 Å². The van der Waals surface area contributed by atoms with E-state index in [-0.39, 0.29) is 11.6 Å². The number of aliphatic hydroxyl groups excluding tert-OH is 1. The van der Waals surface area contributed by atoms with Crippen LogP contribution in [0.3, 0.4) is 0 Å². The molecule has 0 heterocycles. The highest BCUT2D eigenvalue weighted by Crippen LogP contribution is 2.18. The van der Waals surface area contributed by atoms with Gasteiger partial charge >= 0.3 is 0 Å². The Morgan fingerprint density at radius 2 is 1.65 bits per heavy atom. The van der Waals surface area contributed by atoms with E-state index in [1.54, 1.807) is 0 Å². The van der Waals surface area contributed by atoms with Gasteiger partial charge in [0.25, 0.3) is 0 Å². The normalized spacial score (nSPS) is 13.8. The molecule has 1 aromatic rings. The molecule has 96 valence electrons. The Morgan fingerprint density at radius 1 is 1.18 bits per heavy atom. The summed E-state index contributed by atoms with van der Waals surface area (Å²) >= 11 is 0. The van der Waals surface area contributed by atoms with Gasteiger partial charge in [-0.05, 0) is 58.2 Å². The first-order chi connectivity index (χ1) is 7.74. The summed E-state index contributed by atoms with van der Waals surface area (Å²) in [5.74, 6) is 0. The van der Waals surface area contributed by atoms with Crippen molar-refractivity contribution in [2.75, 3.05) is 0 Å². The molecule has 0 radical (unpaired) electrons. The first kappa shape index (κ1) is 14.2. The van der Waals surface area contributed by atoms with Crippen LogP contribution in [0, 0.1) is 20.8 Å². The fourth-order valence-corrected chi connectivity index (χ4v) is 1.95. The van der Waals surface area contributed by atoms with Crippen LogP contribution >= 0.6 is 0 Å². The lowest BCUT2D eigenvalue weighted by molar-refractivity contribution is 0.0956. The second kappa shape index (κ2) is 5.19. The molecule has 1 atom stereocenters. The molecule has 0 aliphatic rings. The summed E-state index contributed by atoms with van der Waals surface area (Å²) in [5, 5.41) is 13.1. The first-order valence-corrected chi connectivity index (χ1v) is 6.24. The Labute approximate surface area is 105 Å². The van der Waals surface area contributed by atoms with Crippen molar-refractivity contribution in [1.29, 1.82) is 0 Å². The minimum atomic E-state index is -0.367. The van der Waals surface area contributed by atoms with Gasteiger partial charge in [-0.2, -0.15) is 0 Å². The van der Waals surface area contributed by atoms with Gasteiger partial charge in [0.15, 0.2) is 0 Å². The van der Waals surface area contributed by atoms with Gasteiger partial charge in [0.1, 0.15) is 0 Å². The van der Waals surface area contributed by atoms with Gasteiger partial charge < -0.3 is 10.4 Å². The number of benzene rings is 1. The van der Waals surface area contributed by atoms with Crippen LogP contribution < -0.4 is 5.32 Å². The van der Waals surface area contributed by atoms with E-state index < -0.39 is 0 Å². The Balaban J connectivity index is 2.83. The third-order valence-corrected chi connectivity index (χ3v) is 3.61. The van der Waals surface area contributed by atoms with Crippen molar-refractivity contribution in [3.8, 4) is 0 Å². The van der Waals surface area contributed by atoms with Crippen LogP contribution in [0.5, 0.6) is 0 Å². The van der Waals surface area contributed by atoms with Crippen LogP contribution in [0.25, 0.3) is 0 Å². The smallest absolute Gasteiger partial charge is 0.0688 e. The molecule has 0 saturated heterocycles. The Hall–Kier alpha value is -0.860. The number of hydrogen-bond donors (Lipinski definition) is 2. The highest BCUT2D eigenvalue weighted by molar-refractivity contribution is 5.37. The molecular formula is C15H25NO. The van der Waals surface area contributed by atoms with Crippen molar-refractivity contribution in [2.24, 2.45) is 0 Å². The van der Waals surface area contributed by atoms with Gasteiger partial charge in [0.05, 0.1) is 6.10 Å². The number of hydrogen-bond acceptors (Lipinski definition) is 2. The maximum absolute atomic E-state index is 9.68. The SMILES string of the molecule is Cc1cc(C)c(CNC(C)(C)C(C)O)c(C)c1. The number of aliphatic hydroxyl groups is 1. The zero-order valence-corrected chi connectivity index (χ0v) is 11.9. The van der Waals surface area contributed by atoms with Crippen molar-refractivity contribution >= 4 is 0 Å². The average Bonchev–Trinajstić information content (AvgIpc) is 2.15. The fraction of sp³-hybridized carbons (Fsp3) is 0.600. The van der Waals surface area contributed by atoms with E-state index in [0.717, 1.165) is 6.54 Å². The molecule has 0 aliphatic carbocycles. The predicted molar refractivity (Wildman–Crippen MR) is 73.3 cm³/mol. The summed E-state index contributed by atoms with van der Waals surface area (Å²) in [5.41, 5.74) is 5.01. The molecule has 1 rings (SSSR count). The van der Waals surface area contributed by atoms with Gasteiger partial charge in [0, 0.05) is 12.1 Å². The Bertz CT molecular complexity index is 371. The molecule has 0 saturated carbocycles. The largest absolute Gasteiger partial charge is 0.392 e. The maximum Gasteiger partial charge on any atom is 0.0688 e. The van der Waals surface area contributed by atoms with Crippen molar-refractivity contribution in [3.05, 3.63) is 34.4 Å². The van der Waals surface area contributed by atoms with Crippen LogP contribution in [0.15, 0.2) is 12.1 Å². The molecule has 0 fully saturated rings. The summed E-state index contributed by atoms with van der Waals surface area (Å²) in [6.45, 7) is 13.1. The second-order valence-corrected chi connectivity index (χ2v) is 5.63. The molecule has 0 amide bonds. The molecule has 0 bridgehead atoms. The van der Waals surface area contributed by atoms with Crippen molar-refractivity contribution < 1.29 is 5.11 Å². The second-order valence-electron chi connectivity index (χ2n) is 5.63. The van der Waals surface area contributed by atoms with E-state index in [2.05, 4.69) is 38.2 Å². The quantitative estimate of drug-likeness (QED) is 0.841. The van der Waals surface area contributed by atoms with E-state index in [9.17, 15) is 5.11 Å². The van der Waals surface area contributed by atoms with Crippen LogP contribution in [0.4, 0.5) is 0 Å². The highest BCUT2D eigenvalue weighted by Gasteiger charge is 2.23. The zero-order valence-electron chi connectivity index (χ0n) is 11.9. The van der Waals surface area contributed by atoms with Gasteiger partial charge in [-0.1, -0.05) is 17.7 Å². The minimum Gasteiger partial charge on any atom is -0.392 e. The number of nitrogens with one attached hydrogen (secondary N) is 1. The van der Waals surface area contributed by atoms with Crippen LogP contribution in [-0.2, 0) is 6.54 Å². The molecule has 1 aromatic carbocycles. The molecule has 2 heteroatoms. The summed E-state index contributed by atoms with van der Waals surface area (Å²) in [7, 11) is 0. The first-order valence-electron chi connectivity index (χ1n) is 6.24. The van der Waals surface area contributed by atoms with E-state index >= 15 is 0 Å². The zero-order chi connectivity index (χ0) is 13.2. The van der Waals surface area contributed by atoms with E-state index in [4.69, 9.17) is 0 Å². The third-order valence-electron chi connectivity index (χ3n) is 3.61. The summed E-state index contributed by atoms with van der Waals surface area (Å²) in [6.07, 6.45) is -0.367. The third kappa shape index (κ3) is 3.55. The van der Waals surface area contributed by atoms with Crippen molar-refractivity contribution in [3.63, 3.8) is 0 Å². The van der Waals surface area contributed by atoms with E-state index in [1.165, 1.54) is 22.3 Å².